The molecular weight excluding hydrogens is 370 g/mol. The normalized spacial score (nSPS) is 21.8. The second-order valence-corrected chi connectivity index (χ2v) is 8.07. The third-order valence-electron chi connectivity index (χ3n) is 5.59. The van der Waals surface area contributed by atoms with Gasteiger partial charge in [0.15, 0.2) is 0 Å². The highest BCUT2D eigenvalue weighted by Crippen LogP contribution is 2.40. The molecule has 1 aliphatic rings. The van der Waals surface area contributed by atoms with Gasteiger partial charge in [-0.05, 0) is 44.5 Å². The Labute approximate surface area is 175 Å². The summed E-state index contributed by atoms with van der Waals surface area (Å²) in [6.45, 7) is 0.950. The van der Waals surface area contributed by atoms with Crippen molar-refractivity contribution in [3.05, 3.63) is 71.8 Å². The third-order valence-corrected chi connectivity index (χ3v) is 5.59. The zero-order valence-electron chi connectivity index (χ0n) is 17.0. The molecule has 2 unspecified atom stereocenters. The minimum Gasteiger partial charge on any atom is -0.458 e. The molecule has 152 valence electrons. The molecule has 4 heteroatoms. The molecule has 1 fully saturated rings. The van der Waals surface area contributed by atoms with Crippen LogP contribution in [0.2, 0.25) is 0 Å². The van der Waals surface area contributed by atoms with E-state index in [9.17, 15) is 4.79 Å². The van der Waals surface area contributed by atoms with Gasteiger partial charge in [-0.2, -0.15) is 0 Å². The molecule has 28 heavy (non-hydrogen) atoms. The molecular formula is C24H32ClNO2. The summed E-state index contributed by atoms with van der Waals surface area (Å²) in [7, 11) is 4.21. The predicted octanol–water partition coefficient (Wildman–Crippen LogP) is 4.93. The van der Waals surface area contributed by atoms with E-state index in [0.29, 0.717) is 12.3 Å². The molecule has 0 radical (unpaired) electrons. The van der Waals surface area contributed by atoms with Gasteiger partial charge < -0.3 is 9.64 Å². The van der Waals surface area contributed by atoms with Crippen LogP contribution in [0.4, 0.5) is 0 Å². The number of esters is 1. The Balaban J connectivity index is 0.00000280. The first-order valence-electron chi connectivity index (χ1n) is 10.0. The molecule has 2 aromatic rings. The molecule has 0 N–H and O–H groups in total. The van der Waals surface area contributed by atoms with Crippen molar-refractivity contribution in [1.29, 1.82) is 0 Å². The monoisotopic (exact) mass is 401 g/mol. The van der Waals surface area contributed by atoms with Crippen LogP contribution < -0.4 is 0 Å². The number of ether oxygens (including phenoxy) is 1. The van der Waals surface area contributed by atoms with Crippen LogP contribution in [0.5, 0.6) is 0 Å². The maximum Gasteiger partial charge on any atom is 0.310 e. The number of hydrogen-bond donors (Lipinski definition) is 0. The van der Waals surface area contributed by atoms with Gasteiger partial charge in [0.25, 0.3) is 0 Å². The van der Waals surface area contributed by atoms with Crippen molar-refractivity contribution >= 4 is 18.4 Å². The topological polar surface area (TPSA) is 29.5 Å². The lowest BCUT2D eigenvalue weighted by Gasteiger charge is -2.44. The molecule has 0 aliphatic heterocycles. The number of rotatable bonds is 7. The van der Waals surface area contributed by atoms with E-state index in [1.807, 2.05) is 36.4 Å². The maximum absolute atomic E-state index is 12.9. The standard InChI is InChI=1S/C24H31NO2.ClH/c1-25(2)19-22-15-9-10-16-24(22,18-21-13-7-4-8-14-21)27-23(26)17-20-11-5-3-6-12-20;/h3-8,11-14,22H,9-10,15-19H2,1-2H3;1H. The Hall–Kier alpha value is -1.84. The summed E-state index contributed by atoms with van der Waals surface area (Å²) >= 11 is 0. The predicted molar refractivity (Wildman–Crippen MR) is 117 cm³/mol. The summed E-state index contributed by atoms with van der Waals surface area (Å²) in [5.74, 6) is 0.254. The van der Waals surface area contributed by atoms with Crippen LogP contribution in [-0.2, 0) is 22.4 Å². The molecule has 0 saturated heterocycles. The van der Waals surface area contributed by atoms with Gasteiger partial charge in [-0.3, -0.25) is 4.79 Å². The van der Waals surface area contributed by atoms with Gasteiger partial charge in [-0.1, -0.05) is 67.1 Å². The summed E-state index contributed by atoms with van der Waals surface area (Å²) < 4.78 is 6.33. The average molecular weight is 402 g/mol. The second kappa shape index (κ2) is 10.6. The van der Waals surface area contributed by atoms with Gasteiger partial charge in [0.1, 0.15) is 5.60 Å². The van der Waals surface area contributed by atoms with Crippen LogP contribution in [0, 0.1) is 5.92 Å². The molecule has 3 rings (SSSR count). The number of carbonyl (C=O) groups excluding carboxylic acids is 1. The summed E-state index contributed by atoms with van der Waals surface area (Å²) in [6.07, 6.45) is 5.53. The number of nitrogens with zero attached hydrogens (tertiary/aromatic N) is 1. The fourth-order valence-corrected chi connectivity index (χ4v) is 4.35. The molecule has 1 aliphatic carbocycles. The van der Waals surface area contributed by atoms with E-state index in [4.69, 9.17) is 4.74 Å². The molecule has 0 amide bonds. The lowest BCUT2D eigenvalue weighted by Crippen LogP contribution is -2.50. The van der Waals surface area contributed by atoms with Crippen LogP contribution in [0.15, 0.2) is 60.7 Å². The van der Waals surface area contributed by atoms with Crippen molar-refractivity contribution in [3.63, 3.8) is 0 Å². The van der Waals surface area contributed by atoms with E-state index in [-0.39, 0.29) is 18.4 Å². The van der Waals surface area contributed by atoms with E-state index in [0.717, 1.165) is 37.8 Å². The number of carbonyl (C=O) groups is 1. The number of benzene rings is 2. The highest BCUT2D eigenvalue weighted by molar-refractivity contribution is 5.85. The second-order valence-electron chi connectivity index (χ2n) is 8.07. The molecule has 0 bridgehead atoms. The van der Waals surface area contributed by atoms with Gasteiger partial charge in [0.2, 0.25) is 0 Å². The van der Waals surface area contributed by atoms with Crippen molar-refractivity contribution in [2.75, 3.05) is 20.6 Å². The Kier molecular flexibility index (Phi) is 8.53. The average Bonchev–Trinajstić information content (AvgIpc) is 2.65. The van der Waals surface area contributed by atoms with Crippen molar-refractivity contribution < 1.29 is 9.53 Å². The van der Waals surface area contributed by atoms with Crippen LogP contribution in [0.25, 0.3) is 0 Å². The van der Waals surface area contributed by atoms with E-state index in [1.54, 1.807) is 0 Å². The molecule has 0 aromatic heterocycles. The van der Waals surface area contributed by atoms with Crippen molar-refractivity contribution in [1.82, 2.24) is 4.90 Å². The lowest BCUT2D eigenvalue weighted by atomic mass is 9.71. The minimum atomic E-state index is -0.407. The van der Waals surface area contributed by atoms with Gasteiger partial charge in [0.05, 0.1) is 6.42 Å². The van der Waals surface area contributed by atoms with Gasteiger partial charge in [0, 0.05) is 18.9 Å². The van der Waals surface area contributed by atoms with Gasteiger partial charge in [-0.15, -0.1) is 12.4 Å². The quantitative estimate of drug-likeness (QED) is 0.616. The Bertz CT molecular complexity index is 720. The Morgan fingerprint density at radius 3 is 2.21 bits per heavy atom. The summed E-state index contributed by atoms with van der Waals surface area (Å²) in [6, 6.07) is 20.4. The minimum absolute atomic E-state index is 0. The first kappa shape index (κ1) is 22.4. The maximum atomic E-state index is 12.9. The zero-order chi connectivity index (χ0) is 19.1. The molecule has 1 saturated carbocycles. The summed E-state index contributed by atoms with van der Waals surface area (Å²) in [5.41, 5.74) is 1.85. The number of halogens is 1. The summed E-state index contributed by atoms with van der Waals surface area (Å²) in [5, 5.41) is 0. The third kappa shape index (κ3) is 6.08. The van der Waals surface area contributed by atoms with Crippen LogP contribution in [-0.4, -0.2) is 37.1 Å². The largest absolute Gasteiger partial charge is 0.458 e. The highest BCUT2D eigenvalue weighted by atomic mass is 35.5. The van der Waals surface area contributed by atoms with Gasteiger partial charge >= 0.3 is 5.97 Å². The number of hydrogen-bond acceptors (Lipinski definition) is 3. The van der Waals surface area contributed by atoms with Crippen molar-refractivity contribution in [2.24, 2.45) is 5.92 Å². The van der Waals surface area contributed by atoms with E-state index < -0.39 is 5.60 Å². The van der Waals surface area contributed by atoms with Crippen molar-refractivity contribution in [3.8, 4) is 0 Å². The van der Waals surface area contributed by atoms with Crippen LogP contribution in [0.1, 0.15) is 36.8 Å². The fraction of sp³-hybridized carbons (Fsp3) is 0.458. The molecule has 2 atom stereocenters. The van der Waals surface area contributed by atoms with Crippen molar-refractivity contribution in [2.45, 2.75) is 44.1 Å². The van der Waals surface area contributed by atoms with E-state index in [1.165, 1.54) is 12.0 Å². The first-order valence-corrected chi connectivity index (χ1v) is 10.0. The smallest absolute Gasteiger partial charge is 0.310 e. The zero-order valence-corrected chi connectivity index (χ0v) is 17.8. The highest BCUT2D eigenvalue weighted by Gasteiger charge is 2.44. The first-order chi connectivity index (χ1) is 13.1. The van der Waals surface area contributed by atoms with Crippen LogP contribution in [0.3, 0.4) is 0 Å². The Morgan fingerprint density at radius 1 is 1.00 bits per heavy atom. The molecule has 3 nitrogen and oxygen atoms in total. The van der Waals surface area contributed by atoms with E-state index in [2.05, 4.69) is 43.3 Å². The summed E-state index contributed by atoms with van der Waals surface area (Å²) in [4.78, 5) is 15.1. The fourth-order valence-electron chi connectivity index (χ4n) is 4.35. The van der Waals surface area contributed by atoms with Crippen LogP contribution >= 0.6 is 12.4 Å². The molecule has 0 spiro atoms. The van der Waals surface area contributed by atoms with Gasteiger partial charge in [-0.25, -0.2) is 0 Å². The van der Waals surface area contributed by atoms with E-state index >= 15 is 0 Å². The lowest BCUT2D eigenvalue weighted by molar-refractivity contribution is -0.171. The molecule has 2 aromatic carbocycles. The molecule has 0 heterocycles. The SMILES string of the molecule is CN(C)CC1CCCCC1(Cc1ccccc1)OC(=O)Cc1ccccc1.Cl. The Morgan fingerprint density at radius 2 is 1.61 bits per heavy atom.